The molecule has 43 heavy (non-hydrogen) atoms. The Labute approximate surface area is 278 Å². The first-order valence-corrected chi connectivity index (χ1v) is 13.7. The fraction of sp³-hybridized carbons (Fsp3) is 0.179. The van der Waals surface area contributed by atoms with Crippen LogP contribution in [0.5, 0.6) is 0 Å². The molecule has 0 aliphatic heterocycles. The van der Waals surface area contributed by atoms with Crippen LogP contribution < -0.4 is 0 Å². The molecule has 0 unspecified atom stereocenters. The summed E-state index contributed by atoms with van der Waals surface area (Å²) in [6.07, 6.45) is 1.36. The average molecular weight is 747 g/mol. The Morgan fingerprint density at radius 1 is 0.837 bits per heavy atom. The smallest absolute Gasteiger partial charge is 0.128 e. The van der Waals surface area contributed by atoms with Crippen molar-refractivity contribution in [3.8, 4) is 22.5 Å². The van der Waals surface area contributed by atoms with Crippen molar-refractivity contribution >= 4 is 32.7 Å². The SMILES string of the molecule is [2H]C([2H])([2H])c1c[c-]c(-c2cc(C([2H])([2H])C(C)(C)C)ccn2)c2oc3c4ccccc4ccc3c12.[2H]C([2H])([2H])c1ccc(-c2[c-]cccc2)nc1.[Ir]. The molecular formula is C39H34IrN2O-2. The minimum absolute atomic E-state index is 0. The van der Waals surface area contributed by atoms with Crippen molar-refractivity contribution < 1.29 is 35.5 Å². The molecule has 4 heteroatoms. The summed E-state index contributed by atoms with van der Waals surface area (Å²) in [6, 6.07) is 33.4. The van der Waals surface area contributed by atoms with Crippen molar-refractivity contribution in [3.05, 3.63) is 132 Å². The first kappa shape index (κ1) is 21.6. The molecule has 3 nitrogen and oxygen atoms in total. The van der Waals surface area contributed by atoms with E-state index in [9.17, 15) is 0 Å². The van der Waals surface area contributed by atoms with E-state index < -0.39 is 25.5 Å². The van der Waals surface area contributed by atoms with Gasteiger partial charge in [0.25, 0.3) is 0 Å². The second-order valence-corrected chi connectivity index (χ2v) is 11.1. The third kappa shape index (κ3) is 6.62. The molecule has 0 amide bonds. The van der Waals surface area contributed by atoms with Gasteiger partial charge in [0.15, 0.2) is 0 Å². The maximum absolute atomic E-state index is 8.67. The summed E-state index contributed by atoms with van der Waals surface area (Å²) >= 11 is 0. The van der Waals surface area contributed by atoms with Crippen LogP contribution in [0.15, 0.2) is 108 Å². The molecular weight excluding hydrogens is 705 g/mol. The normalized spacial score (nSPS) is 15.0. The molecule has 3 aromatic heterocycles. The zero-order valence-electron chi connectivity index (χ0n) is 32.0. The minimum atomic E-state index is -2.35. The molecule has 0 bridgehead atoms. The number of rotatable bonds is 3. The number of nitrogens with zero attached hydrogens (tertiary/aromatic N) is 2. The number of benzene rings is 4. The second-order valence-electron chi connectivity index (χ2n) is 11.1. The molecule has 0 atom stereocenters. The Balaban J connectivity index is 0.000000249. The van der Waals surface area contributed by atoms with E-state index in [4.69, 9.17) is 15.4 Å². The summed E-state index contributed by atoms with van der Waals surface area (Å²) in [7, 11) is 0. The van der Waals surface area contributed by atoms with Crippen LogP contribution in [0, 0.1) is 31.3 Å². The second kappa shape index (κ2) is 12.6. The van der Waals surface area contributed by atoms with Gasteiger partial charge < -0.3 is 14.4 Å². The molecule has 7 rings (SSSR count). The van der Waals surface area contributed by atoms with Gasteiger partial charge in [-0.05, 0) is 47.0 Å². The van der Waals surface area contributed by atoms with Crippen molar-refractivity contribution in [2.24, 2.45) is 5.41 Å². The zero-order valence-corrected chi connectivity index (χ0v) is 26.3. The topological polar surface area (TPSA) is 38.9 Å². The minimum Gasteiger partial charge on any atom is -0.500 e. The molecule has 7 aromatic rings. The van der Waals surface area contributed by atoms with Gasteiger partial charge in [-0.15, -0.1) is 53.6 Å². The number of fused-ring (bicyclic) bond motifs is 5. The molecule has 3 heterocycles. The molecule has 0 aliphatic rings. The van der Waals surface area contributed by atoms with Crippen molar-refractivity contribution in [2.45, 2.75) is 40.8 Å². The van der Waals surface area contributed by atoms with E-state index in [1.807, 2.05) is 75.4 Å². The van der Waals surface area contributed by atoms with Crippen LogP contribution in [0.25, 0.3) is 55.2 Å². The van der Waals surface area contributed by atoms with E-state index in [1.54, 1.807) is 36.5 Å². The number of pyridine rings is 2. The Hall–Kier alpha value is -4.11. The van der Waals surface area contributed by atoms with E-state index in [0.717, 1.165) is 27.4 Å². The summed E-state index contributed by atoms with van der Waals surface area (Å²) < 4.78 is 69.7. The van der Waals surface area contributed by atoms with Crippen molar-refractivity contribution in [1.29, 1.82) is 0 Å². The van der Waals surface area contributed by atoms with E-state index in [0.29, 0.717) is 33.4 Å². The first-order chi connectivity index (χ1) is 23.5. The summed E-state index contributed by atoms with van der Waals surface area (Å²) in [5.41, 5.74) is 3.87. The number of aryl methyl sites for hydroxylation is 2. The van der Waals surface area contributed by atoms with Gasteiger partial charge in [0, 0.05) is 54.2 Å². The Morgan fingerprint density at radius 2 is 1.70 bits per heavy atom. The summed E-state index contributed by atoms with van der Waals surface area (Å²) in [4.78, 5) is 8.61. The van der Waals surface area contributed by atoms with Crippen LogP contribution in [0.4, 0.5) is 0 Å². The summed E-state index contributed by atoms with van der Waals surface area (Å²) in [5.74, 6) is 0. The molecule has 4 aromatic carbocycles. The van der Waals surface area contributed by atoms with Crippen LogP contribution >= 0.6 is 0 Å². The monoisotopic (exact) mass is 747 g/mol. The Bertz CT molecular complexity index is 2310. The molecule has 0 fully saturated rings. The summed E-state index contributed by atoms with van der Waals surface area (Å²) in [6.45, 7) is 1.12. The molecule has 0 saturated heterocycles. The van der Waals surface area contributed by atoms with Gasteiger partial charge in [0.05, 0.1) is 5.58 Å². The largest absolute Gasteiger partial charge is 0.500 e. The van der Waals surface area contributed by atoms with Gasteiger partial charge in [-0.25, -0.2) is 0 Å². The predicted molar refractivity (Wildman–Crippen MR) is 174 cm³/mol. The quantitative estimate of drug-likeness (QED) is 0.169. The van der Waals surface area contributed by atoms with Gasteiger partial charge >= 0.3 is 0 Å². The third-order valence-corrected chi connectivity index (χ3v) is 6.72. The van der Waals surface area contributed by atoms with Crippen LogP contribution in [0.3, 0.4) is 0 Å². The van der Waals surface area contributed by atoms with Crippen molar-refractivity contribution in [1.82, 2.24) is 9.97 Å². The molecule has 1 radical (unpaired) electrons. The van der Waals surface area contributed by atoms with Gasteiger partial charge in [-0.2, -0.15) is 0 Å². The average Bonchev–Trinajstić information content (AvgIpc) is 3.47. The van der Waals surface area contributed by atoms with Gasteiger partial charge in [0.2, 0.25) is 0 Å². The molecule has 217 valence electrons. The number of hydrogen-bond acceptors (Lipinski definition) is 3. The van der Waals surface area contributed by atoms with E-state index in [-0.39, 0.29) is 31.2 Å². The first-order valence-electron chi connectivity index (χ1n) is 17.7. The maximum Gasteiger partial charge on any atom is 0.128 e. The molecule has 0 spiro atoms. The molecule has 0 N–H and O–H groups in total. The van der Waals surface area contributed by atoms with Crippen LogP contribution in [-0.2, 0) is 26.5 Å². The van der Waals surface area contributed by atoms with Crippen LogP contribution in [0.1, 0.15) is 48.4 Å². The van der Waals surface area contributed by atoms with Crippen molar-refractivity contribution in [3.63, 3.8) is 0 Å². The van der Waals surface area contributed by atoms with Gasteiger partial charge in [-0.1, -0.05) is 98.7 Å². The van der Waals surface area contributed by atoms with Crippen LogP contribution in [0.2, 0.25) is 0 Å². The van der Waals surface area contributed by atoms with Gasteiger partial charge in [0.1, 0.15) is 5.58 Å². The Morgan fingerprint density at radius 3 is 2.44 bits per heavy atom. The summed E-state index contributed by atoms with van der Waals surface area (Å²) in [5, 5.41) is 3.12. The molecule has 0 aliphatic carbocycles. The number of furan rings is 1. The van der Waals surface area contributed by atoms with E-state index >= 15 is 0 Å². The standard InChI is InChI=1S/C27H24NO.C12H10N.Ir/c1-17-9-11-21(23-15-18(13-14-28-23)16-27(2,3)4)26-24(17)22-12-10-19-7-5-6-8-20(19)25(22)29-26;1-10-7-8-12(13-9-10)11-5-3-2-4-6-11;/h5-10,12-15H,16H2,1-4H3;2-5,7-9H,1H3;/q2*-1;/i1D3,16D2;1D3;. The fourth-order valence-corrected chi connectivity index (χ4v) is 4.92. The Kier molecular flexibility index (Phi) is 6.33. The molecule has 0 saturated carbocycles. The number of aromatic nitrogens is 2. The number of hydrogen-bond donors (Lipinski definition) is 0. The fourth-order valence-electron chi connectivity index (χ4n) is 4.92. The zero-order chi connectivity index (χ0) is 36.1. The van der Waals surface area contributed by atoms with E-state index in [2.05, 4.69) is 22.1 Å². The van der Waals surface area contributed by atoms with Crippen LogP contribution in [-0.4, -0.2) is 9.97 Å². The third-order valence-electron chi connectivity index (χ3n) is 6.72. The van der Waals surface area contributed by atoms with E-state index in [1.165, 1.54) is 12.3 Å². The predicted octanol–water partition coefficient (Wildman–Crippen LogP) is 10.4. The maximum atomic E-state index is 8.67. The van der Waals surface area contributed by atoms with Gasteiger partial charge in [-0.3, -0.25) is 0 Å². The van der Waals surface area contributed by atoms with Crippen molar-refractivity contribution in [2.75, 3.05) is 0 Å².